The fraction of sp³-hybridized carbons (Fsp3) is 0.389. The van der Waals surface area contributed by atoms with E-state index in [9.17, 15) is 19.1 Å². The Balaban J connectivity index is 1.60. The molecule has 8 heteroatoms. The summed E-state index contributed by atoms with van der Waals surface area (Å²) < 4.78 is 20.2. The van der Waals surface area contributed by atoms with Gasteiger partial charge in [-0.1, -0.05) is 12.1 Å². The highest BCUT2D eigenvalue weighted by Crippen LogP contribution is 2.34. The van der Waals surface area contributed by atoms with E-state index >= 15 is 0 Å². The first kappa shape index (κ1) is 16.7. The van der Waals surface area contributed by atoms with Gasteiger partial charge in [0.15, 0.2) is 5.69 Å². The molecule has 0 unspecified atom stereocenters. The summed E-state index contributed by atoms with van der Waals surface area (Å²) in [5.74, 6) is -1.31. The number of carbonyl (C=O) groups excluding carboxylic acids is 1. The molecular weight excluding hydrogens is 341 g/mol. The van der Waals surface area contributed by atoms with Gasteiger partial charge in [-0.15, -0.1) is 0 Å². The Kier molecular flexibility index (Phi) is 4.20. The summed E-state index contributed by atoms with van der Waals surface area (Å²) in [6.45, 7) is 0.462. The molecule has 26 heavy (non-hydrogen) atoms. The first-order valence-corrected chi connectivity index (χ1v) is 8.54. The second kappa shape index (κ2) is 6.53. The predicted molar refractivity (Wildman–Crippen MR) is 89.2 cm³/mol. The number of ether oxygens (including phenoxy) is 1. The molecule has 2 aliphatic heterocycles. The van der Waals surface area contributed by atoms with Crippen LogP contribution in [0.2, 0.25) is 0 Å². The normalized spacial score (nSPS) is 21.1. The van der Waals surface area contributed by atoms with E-state index in [4.69, 9.17) is 4.74 Å². The van der Waals surface area contributed by atoms with Crippen molar-refractivity contribution in [1.82, 2.24) is 14.9 Å². The fourth-order valence-corrected chi connectivity index (χ4v) is 3.44. The average Bonchev–Trinajstić information content (AvgIpc) is 2.65. The number of hydrogen-bond donors (Lipinski definition) is 2. The van der Waals surface area contributed by atoms with E-state index in [-0.39, 0.29) is 30.3 Å². The van der Waals surface area contributed by atoms with Crippen LogP contribution in [0, 0.1) is 5.82 Å². The maximum Gasteiger partial charge on any atom is 0.296 e. The van der Waals surface area contributed by atoms with Crippen LogP contribution in [0.4, 0.5) is 4.39 Å². The number of amides is 1. The second-order valence-corrected chi connectivity index (χ2v) is 6.57. The van der Waals surface area contributed by atoms with Crippen LogP contribution in [-0.4, -0.2) is 26.7 Å². The molecule has 1 fully saturated rings. The molecule has 4 rings (SSSR count). The molecule has 2 atom stereocenters. The van der Waals surface area contributed by atoms with Gasteiger partial charge >= 0.3 is 0 Å². The van der Waals surface area contributed by atoms with Crippen molar-refractivity contribution in [3.05, 3.63) is 57.5 Å². The maximum absolute atomic E-state index is 12.9. The third kappa shape index (κ3) is 2.96. The molecule has 1 amide bonds. The standard InChI is InChI=1S/C18H18FN3O4/c19-11-6-4-10(5-7-11)8-20-17(24)14-15(23)18(25)22-9-12-2-1-3-13(26-12)16(22)21-14/h4-7,12-13,23H,1-3,8-9H2,(H,20,24)/t12-,13+/m0/s1. The van der Waals surface area contributed by atoms with Crippen LogP contribution >= 0.6 is 0 Å². The fourth-order valence-electron chi connectivity index (χ4n) is 3.44. The molecule has 0 aliphatic carbocycles. The molecule has 0 saturated carbocycles. The van der Waals surface area contributed by atoms with Crippen LogP contribution in [0.3, 0.4) is 0 Å². The molecule has 3 heterocycles. The van der Waals surface area contributed by atoms with E-state index in [1.807, 2.05) is 0 Å². The van der Waals surface area contributed by atoms with Crippen LogP contribution < -0.4 is 10.9 Å². The van der Waals surface area contributed by atoms with Crippen molar-refractivity contribution in [2.75, 3.05) is 0 Å². The van der Waals surface area contributed by atoms with Crippen molar-refractivity contribution >= 4 is 5.91 Å². The van der Waals surface area contributed by atoms with Gasteiger partial charge in [-0.05, 0) is 37.0 Å². The molecule has 2 aliphatic rings. The van der Waals surface area contributed by atoms with E-state index in [0.717, 1.165) is 19.3 Å². The molecule has 0 radical (unpaired) electrons. The van der Waals surface area contributed by atoms with Crippen molar-refractivity contribution in [3.8, 4) is 5.75 Å². The highest BCUT2D eigenvalue weighted by Gasteiger charge is 2.35. The molecule has 7 nitrogen and oxygen atoms in total. The van der Waals surface area contributed by atoms with Crippen LogP contribution in [-0.2, 0) is 17.8 Å². The van der Waals surface area contributed by atoms with Crippen LogP contribution in [0.25, 0.3) is 0 Å². The highest BCUT2D eigenvalue weighted by atomic mass is 19.1. The molecule has 2 bridgehead atoms. The molecular formula is C18H18FN3O4. The number of aromatic nitrogens is 2. The monoisotopic (exact) mass is 359 g/mol. The molecule has 1 saturated heterocycles. The van der Waals surface area contributed by atoms with E-state index < -0.39 is 17.2 Å². The smallest absolute Gasteiger partial charge is 0.296 e. The summed E-state index contributed by atoms with van der Waals surface area (Å²) in [4.78, 5) is 29.1. The van der Waals surface area contributed by atoms with Crippen molar-refractivity contribution in [2.45, 2.75) is 44.6 Å². The predicted octanol–water partition coefficient (Wildman–Crippen LogP) is 1.64. The lowest BCUT2D eigenvalue weighted by Crippen LogP contribution is -2.42. The number of nitrogens with zero attached hydrogens (tertiary/aromatic N) is 2. The van der Waals surface area contributed by atoms with Crippen LogP contribution in [0.1, 0.15) is 47.2 Å². The van der Waals surface area contributed by atoms with E-state index in [0.29, 0.717) is 17.9 Å². The topological polar surface area (TPSA) is 93.5 Å². The molecule has 0 spiro atoms. The zero-order valence-corrected chi connectivity index (χ0v) is 13.9. The Hall–Kier alpha value is -2.74. The molecule has 1 aromatic heterocycles. The Labute approximate surface area is 148 Å². The maximum atomic E-state index is 12.9. The number of carbonyl (C=O) groups is 1. The number of fused-ring (bicyclic) bond motifs is 4. The van der Waals surface area contributed by atoms with Crippen LogP contribution in [0.5, 0.6) is 5.75 Å². The minimum Gasteiger partial charge on any atom is -0.501 e. The zero-order valence-electron chi connectivity index (χ0n) is 13.9. The minimum absolute atomic E-state index is 0.0571. The number of benzene rings is 1. The Morgan fingerprint density at radius 3 is 2.88 bits per heavy atom. The van der Waals surface area contributed by atoms with Crippen LogP contribution in [0.15, 0.2) is 29.1 Å². The van der Waals surface area contributed by atoms with Gasteiger partial charge in [0.2, 0.25) is 5.75 Å². The number of hydrogen-bond acceptors (Lipinski definition) is 5. The summed E-state index contributed by atoms with van der Waals surface area (Å²) in [6, 6.07) is 5.67. The Morgan fingerprint density at radius 1 is 1.35 bits per heavy atom. The zero-order chi connectivity index (χ0) is 18.3. The van der Waals surface area contributed by atoms with Gasteiger partial charge in [0.25, 0.3) is 11.5 Å². The largest absolute Gasteiger partial charge is 0.501 e. The number of nitrogens with one attached hydrogen (secondary N) is 1. The van der Waals surface area contributed by atoms with E-state index in [1.165, 1.54) is 16.7 Å². The van der Waals surface area contributed by atoms with Gasteiger partial charge in [-0.25, -0.2) is 9.37 Å². The lowest BCUT2D eigenvalue weighted by Gasteiger charge is -2.36. The van der Waals surface area contributed by atoms with Crippen molar-refractivity contribution in [3.63, 3.8) is 0 Å². The van der Waals surface area contributed by atoms with Gasteiger partial charge in [-0.2, -0.15) is 0 Å². The van der Waals surface area contributed by atoms with Crippen molar-refractivity contribution in [2.24, 2.45) is 0 Å². The lowest BCUT2D eigenvalue weighted by molar-refractivity contribution is -0.0860. The molecule has 2 aromatic rings. The molecule has 1 aromatic carbocycles. The minimum atomic E-state index is -0.662. The molecule has 2 N–H and O–H groups in total. The Morgan fingerprint density at radius 2 is 2.12 bits per heavy atom. The second-order valence-electron chi connectivity index (χ2n) is 6.57. The summed E-state index contributed by atoms with van der Waals surface area (Å²) in [7, 11) is 0. The van der Waals surface area contributed by atoms with Gasteiger partial charge in [-0.3, -0.25) is 14.2 Å². The third-order valence-corrected chi connectivity index (χ3v) is 4.78. The SMILES string of the molecule is O=C(NCc1ccc(F)cc1)c1nc2n(c(=O)c1O)C[C@@H]1CCC[C@H]2O1. The number of aromatic hydroxyl groups is 1. The Bertz CT molecular complexity index is 910. The molecule has 136 valence electrons. The van der Waals surface area contributed by atoms with Gasteiger partial charge in [0.1, 0.15) is 17.7 Å². The summed E-state index contributed by atoms with van der Waals surface area (Å²) in [6.07, 6.45) is 2.17. The van der Waals surface area contributed by atoms with Gasteiger partial charge in [0, 0.05) is 6.54 Å². The van der Waals surface area contributed by atoms with E-state index in [1.54, 1.807) is 12.1 Å². The summed E-state index contributed by atoms with van der Waals surface area (Å²) in [5.41, 5.74) is -0.245. The number of rotatable bonds is 3. The van der Waals surface area contributed by atoms with Crippen molar-refractivity contribution < 1.29 is 19.0 Å². The summed E-state index contributed by atoms with van der Waals surface area (Å²) >= 11 is 0. The highest BCUT2D eigenvalue weighted by molar-refractivity contribution is 5.94. The lowest BCUT2D eigenvalue weighted by atomic mass is 10.00. The van der Waals surface area contributed by atoms with Gasteiger partial charge < -0.3 is 15.2 Å². The van der Waals surface area contributed by atoms with E-state index in [2.05, 4.69) is 10.3 Å². The quantitative estimate of drug-likeness (QED) is 0.869. The first-order chi connectivity index (χ1) is 12.5. The summed E-state index contributed by atoms with van der Waals surface area (Å²) in [5, 5.41) is 12.8. The number of halogens is 1. The van der Waals surface area contributed by atoms with Crippen molar-refractivity contribution in [1.29, 1.82) is 0 Å². The average molecular weight is 359 g/mol. The van der Waals surface area contributed by atoms with Gasteiger partial charge in [0.05, 0.1) is 12.6 Å². The first-order valence-electron chi connectivity index (χ1n) is 8.54. The third-order valence-electron chi connectivity index (χ3n) is 4.78.